The summed E-state index contributed by atoms with van der Waals surface area (Å²) in [5.41, 5.74) is 1.52. The number of hydrogen-bond donors (Lipinski definition) is 1. The summed E-state index contributed by atoms with van der Waals surface area (Å²) in [6.45, 7) is 3.87. The Morgan fingerprint density at radius 1 is 1.31 bits per heavy atom. The van der Waals surface area contributed by atoms with Gasteiger partial charge in [-0.1, -0.05) is 13.0 Å². The minimum atomic E-state index is -3.81. The standard InChI is InChI=1S/C20H22N2O5S2/c1-3-5-19-22-15(13-28-19)12-27-20(23)18-10-17(8-7-14(18)2)29(24,25)21-11-16-6-4-9-26-16/h4,6-10,13,21H,3,5,11-12H2,1-2H3. The van der Waals surface area contributed by atoms with Crippen LogP contribution < -0.4 is 4.72 Å². The summed E-state index contributed by atoms with van der Waals surface area (Å²) in [4.78, 5) is 16.9. The number of rotatable bonds is 9. The molecule has 1 N–H and O–H groups in total. The van der Waals surface area contributed by atoms with E-state index in [1.165, 1.54) is 29.7 Å². The molecule has 0 saturated carbocycles. The molecule has 3 rings (SSSR count). The summed E-state index contributed by atoms with van der Waals surface area (Å²) in [5, 5.41) is 2.87. The van der Waals surface area contributed by atoms with Crippen molar-refractivity contribution in [3.8, 4) is 0 Å². The molecule has 0 unspecified atom stereocenters. The number of hydrogen-bond acceptors (Lipinski definition) is 7. The number of benzene rings is 1. The van der Waals surface area contributed by atoms with Crippen LogP contribution in [-0.4, -0.2) is 19.4 Å². The van der Waals surface area contributed by atoms with E-state index in [0.29, 0.717) is 17.0 Å². The molecule has 0 amide bonds. The predicted molar refractivity (Wildman–Crippen MR) is 109 cm³/mol. The van der Waals surface area contributed by atoms with Crippen LogP contribution in [0.25, 0.3) is 0 Å². The monoisotopic (exact) mass is 434 g/mol. The topological polar surface area (TPSA) is 98.5 Å². The van der Waals surface area contributed by atoms with E-state index in [1.54, 1.807) is 25.1 Å². The lowest BCUT2D eigenvalue weighted by Gasteiger charge is -2.10. The van der Waals surface area contributed by atoms with E-state index in [0.717, 1.165) is 17.8 Å². The maximum absolute atomic E-state index is 12.5. The van der Waals surface area contributed by atoms with Gasteiger partial charge >= 0.3 is 5.97 Å². The SMILES string of the molecule is CCCc1nc(COC(=O)c2cc(S(=O)(=O)NCc3ccco3)ccc2C)cs1. The van der Waals surface area contributed by atoms with Crippen molar-refractivity contribution in [1.29, 1.82) is 0 Å². The number of aryl methyl sites for hydroxylation is 2. The molecule has 0 saturated heterocycles. The molecule has 2 heterocycles. The molecule has 29 heavy (non-hydrogen) atoms. The van der Waals surface area contributed by atoms with Gasteiger partial charge in [-0.25, -0.2) is 22.9 Å². The number of aromatic nitrogens is 1. The first kappa shape index (κ1) is 21.2. The van der Waals surface area contributed by atoms with Gasteiger partial charge in [0, 0.05) is 5.38 Å². The smallest absolute Gasteiger partial charge is 0.338 e. The molecule has 0 aliphatic rings. The Kier molecular flexibility index (Phi) is 6.83. The molecule has 0 radical (unpaired) electrons. The van der Waals surface area contributed by atoms with Crippen molar-refractivity contribution in [1.82, 2.24) is 9.71 Å². The zero-order valence-electron chi connectivity index (χ0n) is 16.2. The van der Waals surface area contributed by atoms with Crippen molar-refractivity contribution in [2.45, 2.75) is 44.7 Å². The van der Waals surface area contributed by atoms with Gasteiger partial charge in [0.2, 0.25) is 10.0 Å². The summed E-state index contributed by atoms with van der Waals surface area (Å²) >= 11 is 1.54. The number of nitrogens with zero attached hydrogens (tertiary/aromatic N) is 1. The number of sulfonamides is 1. The highest BCUT2D eigenvalue weighted by molar-refractivity contribution is 7.89. The Morgan fingerprint density at radius 3 is 2.86 bits per heavy atom. The van der Waals surface area contributed by atoms with Crippen molar-refractivity contribution in [3.05, 3.63) is 69.6 Å². The van der Waals surface area contributed by atoms with E-state index >= 15 is 0 Å². The Labute approximate surface area is 173 Å². The molecule has 7 nitrogen and oxygen atoms in total. The normalized spacial score (nSPS) is 11.5. The van der Waals surface area contributed by atoms with Crippen LogP contribution in [0.2, 0.25) is 0 Å². The molecular weight excluding hydrogens is 412 g/mol. The van der Waals surface area contributed by atoms with Gasteiger partial charge in [0.1, 0.15) is 12.4 Å². The molecule has 0 fully saturated rings. The summed E-state index contributed by atoms with van der Waals surface area (Å²) in [6.07, 6.45) is 3.36. The van der Waals surface area contributed by atoms with Crippen LogP contribution in [0, 0.1) is 6.92 Å². The Balaban J connectivity index is 1.69. The molecule has 2 aromatic heterocycles. The van der Waals surface area contributed by atoms with Gasteiger partial charge in [-0.3, -0.25) is 0 Å². The van der Waals surface area contributed by atoms with Crippen LogP contribution in [0.1, 0.15) is 45.7 Å². The molecule has 0 bridgehead atoms. The summed E-state index contributed by atoms with van der Waals surface area (Å²) in [6, 6.07) is 7.71. The highest BCUT2D eigenvalue weighted by Crippen LogP contribution is 2.19. The van der Waals surface area contributed by atoms with E-state index in [-0.39, 0.29) is 23.6 Å². The minimum absolute atomic E-state index is 0.0134. The second kappa shape index (κ2) is 9.34. The summed E-state index contributed by atoms with van der Waals surface area (Å²) in [7, 11) is -3.81. The first-order chi connectivity index (χ1) is 13.9. The van der Waals surface area contributed by atoms with Gasteiger partial charge < -0.3 is 9.15 Å². The van der Waals surface area contributed by atoms with Crippen LogP contribution >= 0.6 is 11.3 Å². The average Bonchev–Trinajstić information content (AvgIpc) is 3.37. The van der Waals surface area contributed by atoms with Crippen LogP contribution in [0.5, 0.6) is 0 Å². The number of ether oxygens (including phenoxy) is 1. The third-order valence-corrected chi connectivity index (χ3v) is 6.53. The van der Waals surface area contributed by atoms with E-state index in [9.17, 15) is 13.2 Å². The molecule has 154 valence electrons. The minimum Gasteiger partial charge on any atom is -0.468 e. The lowest BCUT2D eigenvalue weighted by atomic mass is 10.1. The third kappa shape index (κ3) is 5.53. The van der Waals surface area contributed by atoms with Gasteiger partial charge in [0.15, 0.2) is 0 Å². The van der Waals surface area contributed by atoms with Gasteiger partial charge in [-0.2, -0.15) is 0 Å². The number of furan rings is 1. The maximum Gasteiger partial charge on any atom is 0.338 e. The predicted octanol–water partition coefficient (Wildman–Crippen LogP) is 3.83. The lowest BCUT2D eigenvalue weighted by molar-refractivity contribution is 0.0467. The van der Waals surface area contributed by atoms with Crippen LogP contribution in [0.15, 0.2) is 51.3 Å². The molecule has 3 aromatic rings. The van der Waals surface area contributed by atoms with Gasteiger partial charge in [0.25, 0.3) is 0 Å². The average molecular weight is 435 g/mol. The summed E-state index contributed by atoms with van der Waals surface area (Å²) < 4.78 is 38.0. The first-order valence-corrected chi connectivity index (χ1v) is 11.5. The molecule has 0 aliphatic heterocycles. The molecule has 0 aliphatic carbocycles. The first-order valence-electron chi connectivity index (χ1n) is 9.12. The highest BCUT2D eigenvalue weighted by Gasteiger charge is 2.19. The largest absolute Gasteiger partial charge is 0.468 e. The van der Waals surface area contributed by atoms with Crippen molar-refractivity contribution in [2.75, 3.05) is 0 Å². The second-order valence-electron chi connectivity index (χ2n) is 6.44. The second-order valence-corrected chi connectivity index (χ2v) is 9.15. The molecule has 0 spiro atoms. The Bertz CT molecular complexity index is 1070. The summed E-state index contributed by atoms with van der Waals surface area (Å²) in [5.74, 6) is -0.0957. The molecule has 9 heteroatoms. The Morgan fingerprint density at radius 2 is 2.14 bits per heavy atom. The van der Waals surface area contributed by atoms with E-state index in [4.69, 9.17) is 9.15 Å². The maximum atomic E-state index is 12.5. The van der Waals surface area contributed by atoms with Crippen molar-refractivity contribution < 1.29 is 22.4 Å². The molecular formula is C20H22N2O5S2. The van der Waals surface area contributed by atoms with Crippen LogP contribution in [-0.2, 0) is 34.3 Å². The number of nitrogens with one attached hydrogen (secondary N) is 1. The van der Waals surface area contributed by atoms with Gasteiger partial charge in [-0.05, 0) is 49.6 Å². The van der Waals surface area contributed by atoms with Gasteiger partial charge in [-0.15, -0.1) is 11.3 Å². The number of esters is 1. The van der Waals surface area contributed by atoms with Crippen LogP contribution in [0.3, 0.4) is 0 Å². The number of thiazole rings is 1. The van der Waals surface area contributed by atoms with Crippen molar-refractivity contribution in [2.24, 2.45) is 0 Å². The molecule has 1 aromatic carbocycles. The van der Waals surface area contributed by atoms with Crippen LogP contribution in [0.4, 0.5) is 0 Å². The fourth-order valence-electron chi connectivity index (χ4n) is 2.61. The fourth-order valence-corrected chi connectivity index (χ4v) is 4.52. The van der Waals surface area contributed by atoms with Crippen molar-refractivity contribution in [3.63, 3.8) is 0 Å². The highest BCUT2D eigenvalue weighted by atomic mass is 32.2. The van der Waals surface area contributed by atoms with Crippen molar-refractivity contribution >= 4 is 27.3 Å². The lowest BCUT2D eigenvalue weighted by Crippen LogP contribution is -2.23. The van der Waals surface area contributed by atoms with E-state index in [2.05, 4.69) is 16.6 Å². The third-order valence-electron chi connectivity index (χ3n) is 4.17. The quantitative estimate of drug-likeness (QED) is 0.514. The Hall–Kier alpha value is -2.49. The van der Waals surface area contributed by atoms with Gasteiger partial charge in [0.05, 0.1) is 34.0 Å². The number of carbonyl (C=O) groups excluding carboxylic acids is 1. The molecule has 0 atom stereocenters. The van der Waals surface area contributed by atoms with E-state index < -0.39 is 16.0 Å². The zero-order chi connectivity index (χ0) is 20.9. The number of carbonyl (C=O) groups is 1. The van der Waals surface area contributed by atoms with E-state index in [1.807, 2.05) is 5.38 Å². The zero-order valence-corrected chi connectivity index (χ0v) is 17.8. The fraction of sp³-hybridized carbons (Fsp3) is 0.300.